The molecule has 0 saturated carbocycles. The molecule has 154 valence electrons. The minimum absolute atomic E-state index is 0.0972. The van der Waals surface area contributed by atoms with Gasteiger partial charge in [0.1, 0.15) is 28.4 Å². The Morgan fingerprint density at radius 2 is 1.97 bits per heavy atom. The zero-order chi connectivity index (χ0) is 21.5. The zero-order valence-corrected chi connectivity index (χ0v) is 17.0. The van der Waals surface area contributed by atoms with Gasteiger partial charge in [-0.05, 0) is 31.2 Å². The molecule has 3 aromatic heterocycles. The molecule has 2 aromatic carbocycles. The Bertz CT molecular complexity index is 1510. The number of H-pyrrole nitrogens is 1. The van der Waals surface area contributed by atoms with E-state index in [1.54, 1.807) is 37.3 Å². The molecule has 0 unspecified atom stereocenters. The van der Waals surface area contributed by atoms with Crippen LogP contribution in [0, 0.1) is 12.7 Å². The van der Waals surface area contributed by atoms with Gasteiger partial charge in [-0.2, -0.15) is 0 Å². The van der Waals surface area contributed by atoms with Gasteiger partial charge < -0.3 is 10.3 Å². The van der Waals surface area contributed by atoms with Gasteiger partial charge in [-0.1, -0.05) is 29.8 Å². The monoisotopic (exact) mass is 435 g/mol. The molecule has 8 nitrogen and oxygen atoms in total. The Morgan fingerprint density at radius 1 is 1.13 bits per heavy atom. The van der Waals surface area contributed by atoms with E-state index >= 15 is 0 Å². The lowest BCUT2D eigenvalue weighted by Crippen LogP contribution is -2.26. The fraction of sp³-hybridized carbons (Fsp3) is 0.0952. The van der Waals surface area contributed by atoms with E-state index in [1.165, 1.54) is 23.0 Å². The van der Waals surface area contributed by atoms with Gasteiger partial charge in [-0.25, -0.2) is 24.3 Å². The fourth-order valence-electron chi connectivity index (χ4n) is 3.47. The van der Waals surface area contributed by atoms with Crippen molar-refractivity contribution in [3.63, 3.8) is 0 Å². The number of benzene rings is 2. The highest BCUT2D eigenvalue weighted by molar-refractivity contribution is 6.32. The molecule has 0 saturated heterocycles. The zero-order valence-electron chi connectivity index (χ0n) is 16.2. The molecule has 0 aliphatic heterocycles. The normalized spacial score (nSPS) is 11.3. The van der Waals surface area contributed by atoms with E-state index in [0.29, 0.717) is 39.3 Å². The number of hydrogen-bond acceptors (Lipinski definition) is 6. The van der Waals surface area contributed by atoms with E-state index in [4.69, 9.17) is 11.6 Å². The molecular formula is C21H15ClFN7O. The average Bonchev–Trinajstić information content (AvgIpc) is 3.21. The van der Waals surface area contributed by atoms with Crippen molar-refractivity contribution >= 4 is 39.5 Å². The molecule has 0 fully saturated rings. The number of aromatic nitrogens is 6. The molecule has 0 atom stereocenters. The number of nitrogens with zero attached hydrogens (tertiary/aromatic N) is 5. The number of para-hydroxylation sites is 1. The molecule has 2 N–H and O–H groups in total. The predicted octanol–water partition coefficient (Wildman–Crippen LogP) is 3.77. The number of fused-ring (bicyclic) bond motifs is 2. The Kier molecular flexibility index (Phi) is 4.59. The van der Waals surface area contributed by atoms with Crippen LogP contribution < -0.4 is 10.9 Å². The molecule has 31 heavy (non-hydrogen) atoms. The fourth-order valence-corrected chi connectivity index (χ4v) is 3.69. The van der Waals surface area contributed by atoms with Gasteiger partial charge in [0.05, 0.1) is 29.1 Å². The summed E-state index contributed by atoms with van der Waals surface area (Å²) in [6.07, 6.45) is 1.53. The first-order valence-electron chi connectivity index (χ1n) is 9.39. The molecule has 0 bridgehead atoms. The van der Waals surface area contributed by atoms with Gasteiger partial charge in [0.15, 0.2) is 11.5 Å². The summed E-state index contributed by atoms with van der Waals surface area (Å²) < 4.78 is 15.8. The van der Waals surface area contributed by atoms with Gasteiger partial charge in [0.2, 0.25) is 0 Å². The lowest BCUT2D eigenvalue weighted by Gasteiger charge is -2.16. The van der Waals surface area contributed by atoms with Crippen LogP contribution in [0.25, 0.3) is 27.8 Å². The van der Waals surface area contributed by atoms with Crippen LogP contribution in [0.3, 0.4) is 0 Å². The number of anilines is 1. The number of rotatable bonds is 4. The first kappa shape index (κ1) is 19.1. The Morgan fingerprint density at radius 3 is 2.81 bits per heavy atom. The van der Waals surface area contributed by atoms with Gasteiger partial charge in [-0.15, -0.1) is 0 Å². The van der Waals surface area contributed by atoms with Gasteiger partial charge >= 0.3 is 0 Å². The van der Waals surface area contributed by atoms with Crippen LogP contribution in [0.15, 0.2) is 53.6 Å². The van der Waals surface area contributed by atoms with Gasteiger partial charge in [0.25, 0.3) is 5.56 Å². The van der Waals surface area contributed by atoms with Crippen molar-refractivity contribution in [2.75, 3.05) is 5.32 Å². The number of hydrogen-bond donors (Lipinski definition) is 2. The summed E-state index contributed by atoms with van der Waals surface area (Å²) in [6.45, 7) is 1.88. The molecule has 0 aliphatic carbocycles. The van der Waals surface area contributed by atoms with Gasteiger partial charge in [0, 0.05) is 0 Å². The third-order valence-corrected chi connectivity index (χ3v) is 5.14. The first-order valence-corrected chi connectivity index (χ1v) is 9.77. The van der Waals surface area contributed by atoms with Crippen molar-refractivity contribution in [1.82, 2.24) is 29.5 Å². The van der Waals surface area contributed by atoms with Crippen molar-refractivity contribution in [3.05, 3.63) is 81.6 Å². The lowest BCUT2D eigenvalue weighted by atomic mass is 10.2. The summed E-state index contributed by atoms with van der Waals surface area (Å²) in [5.41, 5.74) is 1.28. The van der Waals surface area contributed by atoms with Crippen LogP contribution in [0.1, 0.15) is 11.6 Å². The second kappa shape index (κ2) is 7.44. The summed E-state index contributed by atoms with van der Waals surface area (Å²) in [6, 6.07) is 11.2. The highest BCUT2D eigenvalue weighted by atomic mass is 35.5. The van der Waals surface area contributed by atoms with E-state index in [0.717, 1.165) is 0 Å². The van der Waals surface area contributed by atoms with Crippen molar-refractivity contribution in [2.24, 2.45) is 0 Å². The molecule has 0 radical (unpaired) electrons. The molecule has 10 heteroatoms. The van der Waals surface area contributed by atoms with Crippen molar-refractivity contribution in [2.45, 2.75) is 13.5 Å². The van der Waals surface area contributed by atoms with Crippen LogP contribution in [-0.4, -0.2) is 29.5 Å². The SMILES string of the molecule is Cc1nc(NCc2nc3cccc(F)c3c(=O)n2-c2ccccc2Cl)c2[nH]cnc2n1. The predicted molar refractivity (Wildman–Crippen MR) is 116 cm³/mol. The Balaban J connectivity index is 1.69. The number of nitrogens with one attached hydrogen (secondary N) is 2. The first-order chi connectivity index (χ1) is 15.0. The van der Waals surface area contributed by atoms with E-state index in [1.807, 2.05) is 0 Å². The van der Waals surface area contributed by atoms with Crippen LogP contribution in [-0.2, 0) is 6.54 Å². The smallest absolute Gasteiger partial charge is 0.269 e. The van der Waals surface area contributed by atoms with Crippen molar-refractivity contribution < 1.29 is 4.39 Å². The Hall–Kier alpha value is -3.85. The summed E-state index contributed by atoms with van der Waals surface area (Å²) >= 11 is 6.36. The van der Waals surface area contributed by atoms with Crippen LogP contribution in [0.4, 0.5) is 10.2 Å². The quantitative estimate of drug-likeness (QED) is 0.445. The third kappa shape index (κ3) is 3.28. The lowest BCUT2D eigenvalue weighted by molar-refractivity contribution is 0.636. The van der Waals surface area contributed by atoms with E-state index in [9.17, 15) is 9.18 Å². The second-order valence-corrected chi connectivity index (χ2v) is 7.24. The molecule has 0 amide bonds. The molecular weight excluding hydrogens is 421 g/mol. The summed E-state index contributed by atoms with van der Waals surface area (Å²) in [5.74, 6) is 0.763. The number of imidazole rings is 1. The second-order valence-electron chi connectivity index (χ2n) is 6.83. The maximum Gasteiger partial charge on any atom is 0.269 e. The summed E-state index contributed by atoms with van der Waals surface area (Å²) in [5, 5.41) is 3.43. The van der Waals surface area contributed by atoms with Crippen LogP contribution in [0.2, 0.25) is 5.02 Å². The van der Waals surface area contributed by atoms with E-state index in [2.05, 4.69) is 30.2 Å². The maximum atomic E-state index is 14.5. The molecule has 5 aromatic rings. The average molecular weight is 436 g/mol. The van der Waals surface area contributed by atoms with Crippen LogP contribution >= 0.6 is 11.6 Å². The number of aromatic amines is 1. The molecule has 0 spiro atoms. The topological polar surface area (TPSA) is 101 Å². The van der Waals surface area contributed by atoms with E-state index < -0.39 is 11.4 Å². The Labute approximate surface area is 179 Å². The summed E-state index contributed by atoms with van der Waals surface area (Å²) in [4.78, 5) is 33.7. The number of aryl methyl sites for hydroxylation is 1. The standard InChI is InChI=1S/C21H15ClFN7O/c1-11-27-19(18-20(28-11)26-10-25-18)24-9-16-29-14-7-4-6-13(23)17(14)21(31)30(16)15-8-3-2-5-12(15)22/h2-8,10H,9H2,1H3,(H2,24,25,26,27,28). The molecule has 0 aliphatic rings. The van der Waals surface area contributed by atoms with E-state index in [-0.39, 0.29) is 17.4 Å². The largest absolute Gasteiger partial charge is 0.361 e. The van der Waals surface area contributed by atoms with Crippen molar-refractivity contribution in [1.29, 1.82) is 0 Å². The van der Waals surface area contributed by atoms with Gasteiger partial charge in [-0.3, -0.25) is 9.36 Å². The number of halogens is 2. The van der Waals surface area contributed by atoms with Crippen molar-refractivity contribution in [3.8, 4) is 5.69 Å². The highest BCUT2D eigenvalue weighted by Gasteiger charge is 2.18. The minimum atomic E-state index is -0.638. The minimum Gasteiger partial charge on any atom is -0.361 e. The van der Waals surface area contributed by atoms with Crippen LogP contribution in [0.5, 0.6) is 0 Å². The maximum absolute atomic E-state index is 14.5. The third-order valence-electron chi connectivity index (χ3n) is 4.82. The summed E-state index contributed by atoms with van der Waals surface area (Å²) in [7, 11) is 0. The molecule has 5 rings (SSSR count). The molecule has 3 heterocycles. The highest BCUT2D eigenvalue weighted by Crippen LogP contribution is 2.23.